The number of hydrogen-bond donors (Lipinski definition) is 0. The molecule has 7 heteroatoms. The van der Waals surface area contributed by atoms with Gasteiger partial charge >= 0.3 is 12.3 Å². The molecule has 1 aliphatic carbocycles. The van der Waals surface area contributed by atoms with E-state index < -0.39 is 17.3 Å². The largest absolute Gasteiger partial charge is 0.444 e. The number of nitrogens with zero attached hydrogens (tertiary/aromatic N) is 2. The smallest absolute Gasteiger partial charge is 0.416 e. The number of halogens is 3. The number of ether oxygens (including phenoxy) is 1. The number of fused-ring (bicyclic) bond motifs is 1. The number of rotatable bonds is 3. The van der Waals surface area contributed by atoms with Crippen molar-refractivity contribution in [2.75, 3.05) is 20.1 Å². The molecule has 0 spiro atoms. The molecule has 1 aromatic rings. The molecule has 1 saturated carbocycles. The SMILES string of the molecule is CN(Cc1ccc(C(F)(F)F)cc1)[C@@H]1C[C@@H]2CN(C(=O)OC(C)(C)C)C[C@@H]2C1. The fourth-order valence-electron chi connectivity index (χ4n) is 4.32. The zero-order valence-corrected chi connectivity index (χ0v) is 16.9. The molecule has 4 nitrogen and oxygen atoms in total. The van der Waals surface area contributed by atoms with E-state index in [9.17, 15) is 18.0 Å². The Balaban J connectivity index is 1.51. The lowest BCUT2D eigenvalue weighted by Crippen LogP contribution is -2.37. The van der Waals surface area contributed by atoms with Gasteiger partial charge in [0.15, 0.2) is 0 Å². The molecule has 1 aliphatic heterocycles. The van der Waals surface area contributed by atoms with E-state index in [2.05, 4.69) is 4.90 Å². The minimum Gasteiger partial charge on any atom is -0.444 e. The quantitative estimate of drug-likeness (QED) is 0.734. The summed E-state index contributed by atoms with van der Waals surface area (Å²) in [4.78, 5) is 16.3. The molecule has 1 saturated heterocycles. The minimum atomic E-state index is -4.30. The maximum absolute atomic E-state index is 12.7. The van der Waals surface area contributed by atoms with Gasteiger partial charge in [0.2, 0.25) is 0 Å². The van der Waals surface area contributed by atoms with Crippen molar-refractivity contribution in [2.24, 2.45) is 11.8 Å². The predicted molar refractivity (Wildman–Crippen MR) is 101 cm³/mol. The molecule has 156 valence electrons. The minimum absolute atomic E-state index is 0.239. The Hall–Kier alpha value is -1.76. The van der Waals surface area contributed by atoms with Gasteiger partial charge < -0.3 is 9.64 Å². The van der Waals surface area contributed by atoms with E-state index in [1.54, 1.807) is 12.1 Å². The Bertz CT molecular complexity index is 683. The summed E-state index contributed by atoms with van der Waals surface area (Å²) >= 11 is 0. The first-order chi connectivity index (χ1) is 12.9. The lowest BCUT2D eigenvalue weighted by atomic mass is 10.0. The van der Waals surface area contributed by atoms with Gasteiger partial charge in [-0.05, 0) is 70.2 Å². The van der Waals surface area contributed by atoms with Gasteiger partial charge in [-0.25, -0.2) is 4.79 Å². The van der Waals surface area contributed by atoms with Crippen LogP contribution < -0.4 is 0 Å². The predicted octanol–water partition coefficient (Wildman–Crippen LogP) is 4.78. The molecule has 28 heavy (non-hydrogen) atoms. The van der Waals surface area contributed by atoms with Crippen LogP contribution in [0.3, 0.4) is 0 Å². The molecule has 0 unspecified atom stereocenters. The number of hydrogen-bond acceptors (Lipinski definition) is 3. The normalized spacial score (nSPS) is 25.3. The molecule has 0 N–H and O–H groups in total. The molecule has 0 radical (unpaired) electrons. The number of benzene rings is 1. The van der Waals surface area contributed by atoms with Crippen LogP contribution in [0.1, 0.15) is 44.7 Å². The lowest BCUT2D eigenvalue weighted by Gasteiger charge is -2.28. The van der Waals surface area contributed by atoms with Gasteiger partial charge in [-0.15, -0.1) is 0 Å². The summed E-state index contributed by atoms with van der Waals surface area (Å²) in [6.07, 6.45) is -2.54. The Kier molecular flexibility index (Phi) is 5.67. The molecule has 3 rings (SSSR count). The van der Waals surface area contributed by atoms with Crippen molar-refractivity contribution >= 4 is 6.09 Å². The first kappa shape index (κ1) is 21.0. The van der Waals surface area contributed by atoms with Crippen LogP contribution in [0.25, 0.3) is 0 Å². The molecular formula is C21H29F3N2O2. The maximum Gasteiger partial charge on any atom is 0.416 e. The monoisotopic (exact) mass is 398 g/mol. The second kappa shape index (κ2) is 7.58. The third-order valence-electron chi connectivity index (χ3n) is 5.71. The first-order valence-corrected chi connectivity index (χ1v) is 9.76. The molecule has 2 fully saturated rings. The zero-order valence-electron chi connectivity index (χ0n) is 16.9. The second-order valence-corrected chi connectivity index (χ2v) is 9.14. The summed E-state index contributed by atoms with van der Waals surface area (Å²) in [7, 11) is 2.02. The fraction of sp³-hybridized carbons (Fsp3) is 0.667. The third-order valence-corrected chi connectivity index (χ3v) is 5.71. The second-order valence-electron chi connectivity index (χ2n) is 9.14. The topological polar surface area (TPSA) is 32.8 Å². The van der Waals surface area contributed by atoms with Crippen LogP contribution in [0.15, 0.2) is 24.3 Å². The lowest BCUT2D eigenvalue weighted by molar-refractivity contribution is -0.137. The van der Waals surface area contributed by atoms with Crippen LogP contribution in [0.2, 0.25) is 0 Å². The Labute approximate surface area is 164 Å². The Morgan fingerprint density at radius 1 is 1.11 bits per heavy atom. The van der Waals surface area contributed by atoms with Gasteiger partial charge in [0, 0.05) is 25.7 Å². The van der Waals surface area contributed by atoms with E-state index in [0.29, 0.717) is 24.4 Å². The number of carbonyl (C=O) groups is 1. The van der Waals surface area contributed by atoms with Crippen LogP contribution in [0.4, 0.5) is 18.0 Å². The Morgan fingerprint density at radius 2 is 1.64 bits per heavy atom. The zero-order chi connectivity index (χ0) is 20.7. The van der Waals surface area contributed by atoms with Gasteiger partial charge in [-0.2, -0.15) is 13.2 Å². The Morgan fingerprint density at radius 3 is 2.11 bits per heavy atom. The molecule has 3 atom stereocenters. The standard InChI is InChI=1S/C21H29F3N2O2/c1-20(2,3)28-19(27)26-12-15-9-18(10-16(15)13-26)25(4)11-14-5-7-17(8-6-14)21(22,23)24/h5-8,15-16,18H,9-13H2,1-4H3/t15-,16+,18-. The summed E-state index contributed by atoms with van der Waals surface area (Å²) < 4.78 is 43.5. The van der Waals surface area contributed by atoms with Crippen molar-refractivity contribution < 1.29 is 22.7 Å². The molecule has 0 aromatic heterocycles. The van der Waals surface area contributed by atoms with Crippen molar-refractivity contribution in [1.29, 1.82) is 0 Å². The highest BCUT2D eigenvalue weighted by atomic mass is 19.4. The third kappa shape index (κ3) is 4.99. The van der Waals surface area contributed by atoms with Gasteiger partial charge in [-0.3, -0.25) is 4.90 Å². The van der Waals surface area contributed by atoms with E-state index in [4.69, 9.17) is 4.74 Å². The number of likely N-dealkylation sites (tertiary alicyclic amines) is 1. The van der Waals surface area contributed by atoms with E-state index in [1.165, 1.54) is 0 Å². The van der Waals surface area contributed by atoms with E-state index in [0.717, 1.165) is 43.6 Å². The highest BCUT2D eigenvalue weighted by molar-refractivity contribution is 5.68. The summed E-state index contributed by atoms with van der Waals surface area (Å²) in [6.45, 7) is 7.68. The van der Waals surface area contributed by atoms with Crippen molar-refractivity contribution in [1.82, 2.24) is 9.80 Å². The molecule has 1 amide bonds. The van der Waals surface area contributed by atoms with E-state index in [-0.39, 0.29) is 6.09 Å². The van der Waals surface area contributed by atoms with Gasteiger partial charge in [0.1, 0.15) is 5.60 Å². The fourth-order valence-corrected chi connectivity index (χ4v) is 4.32. The highest BCUT2D eigenvalue weighted by Crippen LogP contribution is 2.40. The van der Waals surface area contributed by atoms with Crippen LogP contribution in [0, 0.1) is 11.8 Å². The number of carbonyl (C=O) groups excluding carboxylic acids is 1. The highest BCUT2D eigenvalue weighted by Gasteiger charge is 2.44. The molecule has 1 heterocycles. The average molecular weight is 398 g/mol. The van der Waals surface area contributed by atoms with Crippen LogP contribution in [-0.2, 0) is 17.5 Å². The summed E-state index contributed by atoms with van der Waals surface area (Å²) in [5, 5.41) is 0. The summed E-state index contributed by atoms with van der Waals surface area (Å²) in [5.41, 5.74) is -0.224. The number of alkyl halides is 3. The maximum atomic E-state index is 12.7. The van der Waals surface area contributed by atoms with Crippen molar-refractivity contribution in [3.05, 3.63) is 35.4 Å². The van der Waals surface area contributed by atoms with Crippen LogP contribution in [-0.4, -0.2) is 47.7 Å². The van der Waals surface area contributed by atoms with E-state index >= 15 is 0 Å². The molecule has 1 aromatic carbocycles. The average Bonchev–Trinajstić information content (AvgIpc) is 3.11. The first-order valence-electron chi connectivity index (χ1n) is 9.76. The van der Waals surface area contributed by atoms with E-state index in [1.807, 2.05) is 32.7 Å². The van der Waals surface area contributed by atoms with Gasteiger partial charge in [-0.1, -0.05) is 12.1 Å². The van der Waals surface area contributed by atoms with Gasteiger partial charge in [0.05, 0.1) is 5.56 Å². The summed E-state index contributed by atoms with van der Waals surface area (Å²) in [6, 6.07) is 5.79. The van der Waals surface area contributed by atoms with Crippen LogP contribution in [0.5, 0.6) is 0 Å². The molecule has 2 aliphatic rings. The van der Waals surface area contributed by atoms with Crippen LogP contribution >= 0.6 is 0 Å². The van der Waals surface area contributed by atoms with Crippen molar-refractivity contribution in [3.8, 4) is 0 Å². The van der Waals surface area contributed by atoms with Gasteiger partial charge in [0.25, 0.3) is 0 Å². The van der Waals surface area contributed by atoms with Crippen molar-refractivity contribution in [3.63, 3.8) is 0 Å². The number of amides is 1. The summed E-state index contributed by atoms with van der Waals surface area (Å²) in [5.74, 6) is 0.931. The van der Waals surface area contributed by atoms with Crippen molar-refractivity contribution in [2.45, 2.75) is 58.0 Å². The molecule has 0 bridgehead atoms. The molecular weight excluding hydrogens is 369 g/mol.